The Balaban J connectivity index is 1.85. The van der Waals surface area contributed by atoms with Gasteiger partial charge in [0.05, 0.1) is 24.3 Å². The van der Waals surface area contributed by atoms with Crippen LogP contribution in [0.4, 0.5) is 5.69 Å². The molecule has 2 amide bonds. The first kappa shape index (κ1) is 20.0. The van der Waals surface area contributed by atoms with Gasteiger partial charge in [0, 0.05) is 18.6 Å². The van der Waals surface area contributed by atoms with Crippen molar-refractivity contribution in [3.05, 3.63) is 59.0 Å². The summed E-state index contributed by atoms with van der Waals surface area (Å²) >= 11 is 1.41. The second kappa shape index (κ2) is 9.43. The van der Waals surface area contributed by atoms with Crippen molar-refractivity contribution >= 4 is 35.3 Å². The molecule has 0 radical (unpaired) electrons. The first-order valence-corrected chi connectivity index (χ1v) is 9.64. The number of nitrogens with one attached hydrogen (secondary N) is 1. The Morgan fingerprint density at radius 2 is 1.89 bits per heavy atom. The van der Waals surface area contributed by atoms with Crippen LogP contribution in [-0.4, -0.2) is 45.7 Å². The monoisotopic (exact) mass is 398 g/mol. The van der Waals surface area contributed by atoms with Gasteiger partial charge in [0.2, 0.25) is 5.91 Å². The highest BCUT2D eigenvalue weighted by atomic mass is 32.2. The number of carbonyl (C=O) groups is 2. The van der Waals surface area contributed by atoms with Crippen molar-refractivity contribution in [1.29, 1.82) is 0 Å². The number of ether oxygens (including phenoxy) is 2. The van der Waals surface area contributed by atoms with Gasteiger partial charge in [-0.05, 0) is 35.9 Å². The van der Waals surface area contributed by atoms with E-state index in [1.54, 1.807) is 14.2 Å². The molecule has 7 heteroatoms. The van der Waals surface area contributed by atoms with Crippen LogP contribution in [0.3, 0.4) is 0 Å². The number of amides is 2. The predicted octanol–water partition coefficient (Wildman–Crippen LogP) is 2.94. The van der Waals surface area contributed by atoms with E-state index in [1.807, 2.05) is 54.6 Å². The summed E-state index contributed by atoms with van der Waals surface area (Å²) in [4.78, 5) is 28.4. The van der Waals surface area contributed by atoms with Gasteiger partial charge in [-0.1, -0.05) is 36.0 Å². The minimum atomic E-state index is -0.226. The fraction of sp³-hybridized carbons (Fsp3) is 0.238. The van der Waals surface area contributed by atoms with Crippen LogP contribution in [-0.2, 0) is 14.3 Å². The molecule has 0 saturated heterocycles. The second-order valence-corrected chi connectivity index (χ2v) is 7.17. The van der Waals surface area contributed by atoms with Crippen LogP contribution in [0.25, 0.3) is 6.08 Å². The lowest BCUT2D eigenvalue weighted by Gasteiger charge is -2.29. The number of carbonyl (C=O) groups excluding carboxylic acids is 2. The fourth-order valence-electron chi connectivity index (χ4n) is 2.76. The standard InChI is InChI=1S/C21H22N2O4S/c1-26-12-11-22-20(24)14-23-17-5-3-4-6-18(17)28-19(21(23)25)13-15-7-9-16(27-2)10-8-15/h3-10,13H,11-12,14H2,1-2H3,(H,22,24)/b19-13-. The summed E-state index contributed by atoms with van der Waals surface area (Å²) in [6, 6.07) is 15.1. The lowest BCUT2D eigenvalue weighted by molar-refractivity contribution is -0.122. The molecular weight excluding hydrogens is 376 g/mol. The number of rotatable bonds is 7. The predicted molar refractivity (Wildman–Crippen MR) is 111 cm³/mol. The Labute approximate surface area is 168 Å². The topological polar surface area (TPSA) is 67.9 Å². The molecule has 2 aromatic rings. The maximum atomic E-state index is 13.1. The van der Waals surface area contributed by atoms with E-state index in [1.165, 1.54) is 16.7 Å². The number of anilines is 1. The molecule has 1 heterocycles. The minimum absolute atomic E-state index is 0.0416. The highest BCUT2D eigenvalue weighted by Gasteiger charge is 2.30. The number of thioether (sulfide) groups is 1. The van der Waals surface area contributed by atoms with Gasteiger partial charge < -0.3 is 14.8 Å². The summed E-state index contributed by atoms with van der Waals surface area (Å²) in [5.74, 6) is 0.335. The van der Waals surface area contributed by atoms with E-state index in [0.29, 0.717) is 18.1 Å². The van der Waals surface area contributed by atoms with Crippen LogP contribution in [0.2, 0.25) is 0 Å². The molecule has 0 aromatic heterocycles. The molecule has 1 aliphatic heterocycles. The molecule has 0 saturated carbocycles. The Morgan fingerprint density at radius 3 is 2.61 bits per heavy atom. The highest BCUT2D eigenvalue weighted by Crippen LogP contribution is 2.41. The highest BCUT2D eigenvalue weighted by molar-refractivity contribution is 8.04. The number of methoxy groups -OCH3 is 2. The Bertz CT molecular complexity index is 880. The van der Waals surface area contributed by atoms with E-state index < -0.39 is 0 Å². The van der Waals surface area contributed by atoms with Gasteiger partial charge in [-0.15, -0.1) is 0 Å². The second-order valence-electron chi connectivity index (χ2n) is 6.09. The SMILES string of the molecule is COCCNC(=O)CN1C(=O)/C(=C/c2ccc(OC)cc2)Sc2ccccc21. The summed E-state index contributed by atoms with van der Waals surface area (Å²) in [6.45, 7) is 0.789. The number of hydrogen-bond acceptors (Lipinski definition) is 5. The Morgan fingerprint density at radius 1 is 1.14 bits per heavy atom. The number of nitrogens with zero attached hydrogens (tertiary/aromatic N) is 1. The van der Waals surface area contributed by atoms with Crippen LogP contribution in [0.15, 0.2) is 58.3 Å². The molecule has 0 atom stereocenters. The number of hydrogen-bond donors (Lipinski definition) is 1. The molecule has 0 aliphatic carbocycles. The van der Waals surface area contributed by atoms with Crippen molar-refractivity contribution in [2.24, 2.45) is 0 Å². The van der Waals surface area contributed by atoms with Crippen LogP contribution in [0, 0.1) is 0 Å². The van der Waals surface area contributed by atoms with E-state index in [4.69, 9.17) is 9.47 Å². The van der Waals surface area contributed by atoms with E-state index in [9.17, 15) is 9.59 Å². The van der Waals surface area contributed by atoms with E-state index in [-0.39, 0.29) is 18.4 Å². The molecule has 3 rings (SSSR count). The molecule has 2 aromatic carbocycles. The molecule has 0 bridgehead atoms. The molecule has 1 aliphatic rings. The maximum absolute atomic E-state index is 13.1. The number of benzene rings is 2. The van der Waals surface area contributed by atoms with Gasteiger partial charge in [-0.25, -0.2) is 0 Å². The summed E-state index contributed by atoms with van der Waals surface area (Å²) in [5, 5.41) is 2.76. The molecule has 0 unspecified atom stereocenters. The zero-order valence-corrected chi connectivity index (χ0v) is 16.6. The zero-order valence-electron chi connectivity index (χ0n) is 15.8. The maximum Gasteiger partial charge on any atom is 0.265 e. The molecule has 0 spiro atoms. The third-order valence-corrected chi connectivity index (χ3v) is 5.25. The normalized spacial score (nSPS) is 14.7. The third-order valence-electron chi connectivity index (χ3n) is 4.18. The van der Waals surface area contributed by atoms with Crippen LogP contribution in [0.1, 0.15) is 5.56 Å². The number of fused-ring (bicyclic) bond motifs is 1. The molecule has 6 nitrogen and oxygen atoms in total. The van der Waals surface area contributed by atoms with Crippen LogP contribution in [0.5, 0.6) is 5.75 Å². The largest absolute Gasteiger partial charge is 0.497 e. The van der Waals surface area contributed by atoms with E-state index in [0.717, 1.165) is 21.9 Å². The lowest BCUT2D eigenvalue weighted by atomic mass is 10.2. The summed E-state index contributed by atoms with van der Waals surface area (Å²) in [7, 11) is 3.19. The summed E-state index contributed by atoms with van der Waals surface area (Å²) in [5.41, 5.74) is 1.63. The summed E-state index contributed by atoms with van der Waals surface area (Å²) < 4.78 is 10.1. The molecule has 28 heavy (non-hydrogen) atoms. The molecular formula is C21H22N2O4S. The Hall–Kier alpha value is -2.77. The van der Waals surface area contributed by atoms with Crippen molar-refractivity contribution in [3.63, 3.8) is 0 Å². The summed E-state index contributed by atoms with van der Waals surface area (Å²) in [6.07, 6.45) is 1.83. The van der Waals surface area contributed by atoms with Gasteiger partial charge in [-0.2, -0.15) is 0 Å². The van der Waals surface area contributed by atoms with Crippen LogP contribution < -0.4 is 15.0 Å². The average molecular weight is 398 g/mol. The molecule has 1 N–H and O–H groups in total. The zero-order chi connectivity index (χ0) is 19.9. The van der Waals surface area contributed by atoms with Gasteiger partial charge in [0.1, 0.15) is 12.3 Å². The number of para-hydroxylation sites is 1. The first-order chi connectivity index (χ1) is 13.6. The quantitative estimate of drug-likeness (QED) is 0.574. The van der Waals surface area contributed by atoms with Crippen molar-refractivity contribution in [3.8, 4) is 5.75 Å². The van der Waals surface area contributed by atoms with Gasteiger partial charge in [0.15, 0.2) is 0 Å². The first-order valence-electron chi connectivity index (χ1n) is 8.82. The van der Waals surface area contributed by atoms with Crippen molar-refractivity contribution in [1.82, 2.24) is 5.32 Å². The smallest absolute Gasteiger partial charge is 0.265 e. The lowest BCUT2D eigenvalue weighted by Crippen LogP contribution is -2.43. The van der Waals surface area contributed by atoms with Gasteiger partial charge in [-0.3, -0.25) is 14.5 Å². The fourth-order valence-corrected chi connectivity index (χ4v) is 3.82. The van der Waals surface area contributed by atoms with Crippen molar-refractivity contribution in [2.45, 2.75) is 4.90 Å². The van der Waals surface area contributed by atoms with E-state index >= 15 is 0 Å². The molecule has 146 valence electrons. The van der Waals surface area contributed by atoms with E-state index in [2.05, 4.69) is 5.32 Å². The Kier molecular flexibility index (Phi) is 6.73. The van der Waals surface area contributed by atoms with Gasteiger partial charge >= 0.3 is 0 Å². The van der Waals surface area contributed by atoms with Crippen LogP contribution >= 0.6 is 11.8 Å². The van der Waals surface area contributed by atoms with Crippen molar-refractivity contribution < 1.29 is 19.1 Å². The van der Waals surface area contributed by atoms with Crippen molar-refractivity contribution in [2.75, 3.05) is 38.8 Å². The third kappa shape index (κ3) is 4.74. The van der Waals surface area contributed by atoms with Gasteiger partial charge in [0.25, 0.3) is 5.91 Å². The molecule has 0 fully saturated rings. The average Bonchev–Trinajstić information content (AvgIpc) is 2.72. The minimum Gasteiger partial charge on any atom is -0.497 e.